The highest BCUT2D eigenvalue weighted by atomic mass is 32.1. The number of nitrogens with one attached hydrogen (secondary N) is 1. The van der Waals surface area contributed by atoms with Crippen LogP contribution in [0.15, 0.2) is 72.2 Å². The molecule has 0 amide bonds. The number of hydrogen-bond acceptors (Lipinski definition) is 3. The molecule has 1 heterocycles. The number of nitrogens with zero attached hydrogens (tertiary/aromatic N) is 1. The monoisotopic (exact) mass is 294 g/mol. The Labute approximate surface area is 129 Å². The molecule has 1 N–H and O–H groups in total. The predicted molar refractivity (Wildman–Crippen MR) is 88.4 cm³/mol. The lowest BCUT2D eigenvalue weighted by Crippen LogP contribution is -2.25. The maximum atomic E-state index is 4.41. The first kappa shape index (κ1) is 14.0. The Balaban J connectivity index is 1.90. The van der Waals surface area contributed by atoms with Crippen LogP contribution in [0.5, 0.6) is 0 Å². The van der Waals surface area contributed by atoms with Crippen molar-refractivity contribution in [2.75, 3.05) is 0 Å². The number of aromatic nitrogens is 1. The summed E-state index contributed by atoms with van der Waals surface area (Å²) in [6.07, 6.45) is 1.86. The highest BCUT2D eigenvalue weighted by molar-refractivity contribution is 7.09. The van der Waals surface area contributed by atoms with Crippen molar-refractivity contribution in [3.63, 3.8) is 0 Å². The molecule has 0 spiro atoms. The van der Waals surface area contributed by atoms with Gasteiger partial charge in [0.05, 0.1) is 12.1 Å². The first-order chi connectivity index (χ1) is 10.3. The summed E-state index contributed by atoms with van der Waals surface area (Å²) in [7, 11) is 0. The van der Waals surface area contributed by atoms with E-state index in [9.17, 15) is 0 Å². The maximum Gasteiger partial charge on any atom is 0.109 e. The molecule has 0 aliphatic heterocycles. The lowest BCUT2D eigenvalue weighted by molar-refractivity contribution is 0.514. The molecular weight excluding hydrogens is 276 g/mol. The molecule has 1 atom stereocenters. The van der Waals surface area contributed by atoms with Crippen LogP contribution in [-0.4, -0.2) is 4.98 Å². The Morgan fingerprint density at radius 2 is 1.48 bits per heavy atom. The summed E-state index contributed by atoms with van der Waals surface area (Å²) >= 11 is 1.69. The van der Waals surface area contributed by atoms with Crippen molar-refractivity contribution in [2.24, 2.45) is 0 Å². The zero-order chi connectivity index (χ0) is 14.5. The quantitative estimate of drug-likeness (QED) is 0.745. The van der Waals surface area contributed by atoms with Crippen molar-refractivity contribution < 1.29 is 0 Å². The molecule has 106 valence electrons. The van der Waals surface area contributed by atoms with E-state index in [2.05, 4.69) is 77.9 Å². The molecule has 0 bridgehead atoms. The molecule has 2 aromatic carbocycles. The summed E-state index contributed by atoms with van der Waals surface area (Å²) in [6.45, 7) is 2.16. The summed E-state index contributed by atoms with van der Waals surface area (Å²) in [5, 5.41) is 6.84. The fraction of sp³-hybridized carbons (Fsp3) is 0.167. The first-order valence-electron chi connectivity index (χ1n) is 7.10. The zero-order valence-corrected chi connectivity index (χ0v) is 12.8. The molecule has 0 saturated carbocycles. The molecule has 21 heavy (non-hydrogen) atoms. The number of rotatable bonds is 5. The van der Waals surface area contributed by atoms with Gasteiger partial charge < -0.3 is 0 Å². The van der Waals surface area contributed by atoms with Crippen molar-refractivity contribution in [2.45, 2.75) is 19.0 Å². The fourth-order valence-corrected chi connectivity index (χ4v) is 3.10. The molecular formula is C18H18N2S. The molecule has 2 nitrogen and oxygen atoms in total. The van der Waals surface area contributed by atoms with E-state index in [1.807, 2.05) is 11.6 Å². The van der Waals surface area contributed by atoms with Gasteiger partial charge in [0.15, 0.2) is 0 Å². The summed E-state index contributed by atoms with van der Waals surface area (Å²) < 4.78 is 0. The molecule has 0 fully saturated rings. The van der Waals surface area contributed by atoms with Crippen LogP contribution >= 0.6 is 11.3 Å². The minimum Gasteiger partial charge on any atom is -0.297 e. The molecule has 0 saturated heterocycles. The van der Waals surface area contributed by atoms with Crippen LogP contribution in [0.2, 0.25) is 0 Å². The van der Waals surface area contributed by atoms with Crippen LogP contribution < -0.4 is 5.32 Å². The van der Waals surface area contributed by atoms with Gasteiger partial charge in [0.2, 0.25) is 0 Å². The second kappa shape index (κ2) is 6.66. The number of hydrogen-bond donors (Lipinski definition) is 1. The third-order valence-corrected chi connectivity index (χ3v) is 4.46. The SMILES string of the molecule is C[C@@H](NC(c1ccccc1)c1ccccc1)c1nccs1. The molecule has 3 aromatic rings. The van der Waals surface area contributed by atoms with Crippen LogP contribution in [0.3, 0.4) is 0 Å². The van der Waals surface area contributed by atoms with Crippen LogP contribution in [0.4, 0.5) is 0 Å². The molecule has 0 unspecified atom stereocenters. The van der Waals surface area contributed by atoms with Crippen molar-refractivity contribution in [1.82, 2.24) is 10.3 Å². The fourth-order valence-electron chi connectivity index (χ4n) is 2.45. The molecule has 0 radical (unpaired) electrons. The Hall–Kier alpha value is -1.97. The van der Waals surface area contributed by atoms with Crippen LogP contribution in [0.25, 0.3) is 0 Å². The summed E-state index contributed by atoms with van der Waals surface area (Å²) in [4.78, 5) is 4.41. The molecule has 0 aliphatic rings. The van der Waals surface area contributed by atoms with Crippen LogP contribution in [0.1, 0.15) is 35.1 Å². The first-order valence-corrected chi connectivity index (χ1v) is 7.98. The van der Waals surface area contributed by atoms with Gasteiger partial charge in [-0.2, -0.15) is 0 Å². The maximum absolute atomic E-state index is 4.41. The van der Waals surface area contributed by atoms with Gasteiger partial charge in [-0.05, 0) is 18.1 Å². The Morgan fingerprint density at radius 3 is 1.95 bits per heavy atom. The number of benzene rings is 2. The van der Waals surface area contributed by atoms with Crippen molar-refractivity contribution in [3.8, 4) is 0 Å². The van der Waals surface area contributed by atoms with Crippen LogP contribution in [0, 0.1) is 0 Å². The average molecular weight is 294 g/mol. The normalized spacial score (nSPS) is 12.5. The van der Waals surface area contributed by atoms with Gasteiger partial charge in [-0.3, -0.25) is 5.32 Å². The van der Waals surface area contributed by atoms with E-state index in [4.69, 9.17) is 0 Å². The number of thiazole rings is 1. The largest absolute Gasteiger partial charge is 0.297 e. The standard InChI is InChI=1S/C18H18N2S/c1-14(18-19-12-13-21-18)20-17(15-8-4-2-5-9-15)16-10-6-3-7-11-16/h2-14,17,20H,1H3/t14-/m1/s1. The van der Waals surface area contributed by atoms with Crippen molar-refractivity contribution in [1.29, 1.82) is 0 Å². The van der Waals surface area contributed by atoms with Crippen LogP contribution in [-0.2, 0) is 0 Å². The van der Waals surface area contributed by atoms with Gasteiger partial charge in [-0.1, -0.05) is 60.7 Å². The zero-order valence-electron chi connectivity index (χ0n) is 11.9. The van der Waals surface area contributed by atoms with Gasteiger partial charge in [-0.25, -0.2) is 4.98 Å². The molecule has 0 aliphatic carbocycles. The smallest absolute Gasteiger partial charge is 0.109 e. The third kappa shape index (κ3) is 3.38. The molecule has 3 rings (SSSR count). The molecule has 1 aromatic heterocycles. The minimum absolute atomic E-state index is 0.172. The van der Waals surface area contributed by atoms with Gasteiger partial charge in [0.25, 0.3) is 0 Å². The van der Waals surface area contributed by atoms with E-state index in [0.717, 1.165) is 5.01 Å². The summed E-state index contributed by atoms with van der Waals surface area (Å²) in [6, 6.07) is 21.5. The van der Waals surface area contributed by atoms with Gasteiger partial charge >= 0.3 is 0 Å². The van der Waals surface area contributed by atoms with E-state index >= 15 is 0 Å². The Bertz CT molecular complexity index is 611. The van der Waals surface area contributed by atoms with E-state index in [1.165, 1.54) is 11.1 Å². The minimum atomic E-state index is 0.172. The average Bonchev–Trinajstić information content (AvgIpc) is 3.09. The van der Waals surface area contributed by atoms with E-state index in [0.29, 0.717) is 0 Å². The van der Waals surface area contributed by atoms with E-state index in [-0.39, 0.29) is 12.1 Å². The predicted octanol–water partition coefficient (Wildman–Crippen LogP) is 4.58. The van der Waals surface area contributed by atoms with Gasteiger partial charge in [0, 0.05) is 11.6 Å². The second-order valence-corrected chi connectivity index (χ2v) is 5.94. The molecule has 3 heteroatoms. The van der Waals surface area contributed by atoms with E-state index < -0.39 is 0 Å². The summed E-state index contributed by atoms with van der Waals surface area (Å²) in [5.74, 6) is 0. The Kier molecular flexibility index (Phi) is 4.43. The Morgan fingerprint density at radius 1 is 0.905 bits per heavy atom. The van der Waals surface area contributed by atoms with Crippen molar-refractivity contribution in [3.05, 3.63) is 88.4 Å². The van der Waals surface area contributed by atoms with Gasteiger partial charge in [0.1, 0.15) is 5.01 Å². The van der Waals surface area contributed by atoms with Gasteiger partial charge in [-0.15, -0.1) is 11.3 Å². The lowest BCUT2D eigenvalue weighted by atomic mass is 9.98. The highest BCUT2D eigenvalue weighted by Gasteiger charge is 2.18. The highest BCUT2D eigenvalue weighted by Crippen LogP contribution is 2.26. The van der Waals surface area contributed by atoms with Crippen molar-refractivity contribution >= 4 is 11.3 Å². The lowest BCUT2D eigenvalue weighted by Gasteiger charge is -2.23. The topological polar surface area (TPSA) is 24.9 Å². The summed E-state index contributed by atoms with van der Waals surface area (Å²) in [5.41, 5.74) is 2.54. The third-order valence-electron chi connectivity index (χ3n) is 3.50. The van der Waals surface area contributed by atoms with E-state index in [1.54, 1.807) is 11.3 Å². The second-order valence-electron chi connectivity index (χ2n) is 5.01.